The maximum atomic E-state index is 13.9. The molecule has 1 amide bonds. The Morgan fingerprint density at radius 2 is 1.95 bits per heavy atom. The predicted octanol–water partition coefficient (Wildman–Crippen LogP) is 2.98. The molecule has 3 fully saturated rings. The van der Waals surface area contributed by atoms with Gasteiger partial charge in [-0.3, -0.25) is 4.79 Å². The summed E-state index contributed by atoms with van der Waals surface area (Å²) in [5, 5.41) is 7.18. The lowest BCUT2D eigenvalue weighted by Gasteiger charge is -2.29. The highest BCUT2D eigenvalue weighted by Crippen LogP contribution is 2.50. The summed E-state index contributed by atoms with van der Waals surface area (Å²) in [7, 11) is 0. The molecule has 1 saturated carbocycles. The van der Waals surface area contributed by atoms with E-state index < -0.39 is 0 Å². The van der Waals surface area contributed by atoms with Crippen LogP contribution in [0.5, 0.6) is 0 Å². The monoisotopic (exact) mass is 322 g/mol. The fraction of sp³-hybridized carbons (Fsp3) is 0.588. The molecule has 3 nitrogen and oxygen atoms in total. The lowest BCUT2D eigenvalue weighted by atomic mass is 9.99. The quantitative estimate of drug-likeness (QED) is 0.898. The van der Waals surface area contributed by atoms with Crippen molar-refractivity contribution in [3.63, 3.8) is 0 Å². The van der Waals surface area contributed by atoms with E-state index in [0.29, 0.717) is 29.1 Å². The number of rotatable bonds is 3. The van der Waals surface area contributed by atoms with Crippen LogP contribution in [0.15, 0.2) is 18.2 Å². The van der Waals surface area contributed by atoms with Gasteiger partial charge in [0.05, 0.1) is 0 Å². The number of fused-ring (bicyclic) bond motifs is 2. The van der Waals surface area contributed by atoms with Crippen molar-refractivity contribution in [2.45, 2.75) is 56.1 Å². The Bertz CT molecular complexity index is 576. The minimum Gasteiger partial charge on any atom is -0.353 e. The number of carbonyl (C=O) groups excluding carboxylic acids is 1. The van der Waals surface area contributed by atoms with Crippen molar-refractivity contribution >= 4 is 17.5 Å². The standard InChI is InChI=1S/C17H20ClFN2O/c18-14-2-1-3-15(19)16(14)12-8-13(12)17(22)21-11-6-9-4-5-10(7-11)20-9/h1-3,9-13,20H,4-8H2,(H,21,22). The van der Waals surface area contributed by atoms with E-state index in [9.17, 15) is 9.18 Å². The Hall–Kier alpha value is -1.13. The fourth-order valence-corrected chi connectivity index (χ4v) is 4.46. The molecule has 4 rings (SSSR count). The van der Waals surface area contributed by atoms with Gasteiger partial charge in [-0.05, 0) is 44.2 Å². The Morgan fingerprint density at radius 1 is 1.23 bits per heavy atom. The molecular formula is C17H20ClFN2O. The third kappa shape index (κ3) is 2.63. The number of benzene rings is 1. The molecule has 3 aliphatic rings. The van der Waals surface area contributed by atoms with Crippen LogP contribution in [-0.2, 0) is 4.79 Å². The number of hydrogen-bond acceptors (Lipinski definition) is 2. The van der Waals surface area contributed by atoms with E-state index >= 15 is 0 Å². The van der Waals surface area contributed by atoms with Crippen LogP contribution in [0.25, 0.3) is 0 Å². The van der Waals surface area contributed by atoms with Crippen molar-refractivity contribution < 1.29 is 9.18 Å². The molecule has 0 radical (unpaired) electrons. The Kier molecular flexibility index (Phi) is 3.61. The Labute approximate surface area is 134 Å². The first-order chi connectivity index (χ1) is 10.6. The maximum absolute atomic E-state index is 13.9. The van der Waals surface area contributed by atoms with Crippen molar-refractivity contribution in [1.29, 1.82) is 0 Å². The van der Waals surface area contributed by atoms with Gasteiger partial charge in [0.15, 0.2) is 0 Å². The second-order valence-electron chi connectivity index (χ2n) is 6.90. The van der Waals surface area contributed by atoms with E-state index in [-0.39, 0.29) is 29.6 Å². The highest BCUT2D eigenvalue weighted by molar-refractivity contribution is 6.31. The molecule has 1 aliphatic carbocycles. The molecule has 2 bridgehead atoms. The molecule has 0 spiro atoms. The van der Waals surface area contributed by atoms with Gasteiger partial charge in [0.2, 0.25) is 5.91 Å². The number of piperidine rings is 1. The molecule has 1 aromatic rings. The molecule has 1 aromatic carbocycles. The summed E-state index contributed by atoms with van der Waals surface area (Å²) in [6.07, 6.45) is 5.16. The maximum Gasteiger partial charge on any atom is 0.223 e. The van der Waals surface area contributed by atoms with E-state index in [2.05, 4.69) is 10.6 Å². The highest BCUT2D eigenvalue weighted by Gasteiger charge is 2.47. The van der Waals surface area contributed by atoms with Crippen molar-refractivity contribution in [2.24, 2.45) is 5.92 Å². The third-order valence-electron chi connectivity index (χ3n) is 5.32. The first-order valence-corrected chi connectivity index (χ1v) is 8.50. The van der Waals surface area contributed by atoms with Gasteiger partial charge in [-0.25, -0.2) is 4.39 Å². The molecular weight excluding hydrogens is 303 g/mol. The van der Waals surface area contributed by atoms with Gasteiger partial charge in [-0.15, -0.1) is 0 Å². The Balaban J connectivity index is 1.39. The van der Waals surface area contributed by atoms with Gasteiger partial charge in [-0.1, -0.05) is 17.7 Å². The second-order valence-corrected chi connectivity index (χ2v) is 7.31. The molecule has 2 heterocycles. The van der Waals surface area contributed by atoms with Crippen LogP contribution in [0.1, 0.15) is 43.6 Å². The van der Waals surface area contributed by atoms with E-state index in [1.807, 2.05) is 0 Å². The number of hydrogen-bond donors (Lipinski definition) is 2. The van der Waals surface area contributed by atoms with Crippen LogP contribution in [0.2, 0.25) is 5.02 Å². The van der Waals surface area contributed by atoms with Crippen LogP contribution < -0.4 is 10.6 Å². The lowest BCUT2D eigenvalue weighted by Crippen LogP contribution is -2.48. The van der Waals surface area contributed by atoms with E-state index in [1.54, 1.807) is 12.1 Å². The summed E-state index contributed by atoms with van der Waals surface area (Å²) in [4.78, 5) is 12.4. The van der Waals surface area contributed by atoms with Gasteiger partial charge in [0, 0.05) is 40.5 Å². The van der Waals surface area contributed by atoms with Crippen molar-refractivity contribution in [3.05, 3.63) is 34.6 Å². The van der Waals surface area contributed by atoms with Gasteiger partial charge in [-0.2, -0.15) is 0 Å². The molecule has 0 aromatic heterocycles. The van der Waals surface area contributed by atoms with Gasteiger partial charge in [0.25, 0.3) is 0 Å². The lowest BCUT2D eigenvalue weighted by molar-refractivity contribution is -0.123. The number of nitrogens with one attached hydrogen (secondary N) is 2. The van der Waals surface area contributed by atoms with Crippen molar-refractivity contribution in [2.75, 3.05) is 0 Å². The van der Waals surface area contributed by atoms with Crippen molar-refractivity contribution in [3.8, 4) is 0 Å². The zero-order chi connectivity index (χ0) is 15.3. The topological polar surface area (TPSA) is 41.1 Å². The average molecular weight is 323 g/mol. The Morgan fingerprint density at radius 3 is 2.64 bits per heavy atom. The van der Waals surface area contributed by atoms with Gasteiger partial charge >= 0.3 is 0 Å². The zero-order valence-corrected chi connectivity index (χ0v) is 13.1. The van der Waals surface area contributed by atoms with E-state index in [1.165, 1.54) is 18.9 Å². The van der Waals surface area contributed by atoms with Crippen molar-refractivity contribution in [1.82, 2.24) is 10.6 Å². The van der Waals surface area contributed by atoms with Crippen LogP contribution in [0.4, 0.5) is 4.39 Å². The SMILES string of the molecule is O=C(NC1CC2CCC(C1)N2)C1CC1c1c(F)cccc1Cl. The fourth-order valence-electron chi connectivity index (χ4n) is 4.15. The number of halogens is 2. The van der Waals surface area contributed by atoms with Crippen LogP contribution in [0.3, 0.4) is 0 Å². The van der Waals surface area contributed by atoms with Crippen LogP contribution in [0, 0.1) is 11.7 Å². The minimum absolute atomic E-state index is 0.0628. The molecule has 2 aliphatic heterocycles. The smallest absolute Gasteiger partial charge is 0.223 e. The molecule has 22 heavy (non-hydrogen) atoms. The van der Waals surface area contributed by atoms with Gasteiger partial charge in [0.1, 0.15) is 5.82 Å². The molecule has 118 valence electrons. The predicted molar refractivity (Wildman–Crippen MR) is 83.4 cm³/mol. The summed E-state index contributed by atoms with van der Waals surface area (Å²) in [6, 6.07) is 6.09. The normalized spacial score (nSPS) is 36.2. The first-order valence-electron chi connectivity index (χ1n) is 8.12. The highest BCUT2D eigenvalue weighted by atomic mass is 35.5. The summed E-state index contributed by atoms with van der Waals surface area (Å²) < 4.78 is 13.9. The summed E-state index contributed by atoms with van der Waals surface area (Å²) in [6.45, 7) is 0. The minimum atomic E-state index is -0.298. The van der Waals surface area contributed by atoms with Crippen LogP contribution in [-0.4, -0.2) is 24.0 Å². The average Bonchev–Trinajstić information content (AvgIpc) is 3.18. The summed E-state index contributed by atoms with van der Waals surface area (Å²) >= 11 is 6.09. The van der Waals surface area contributed by atoms with Crippen LogP contribution >= 0.6 is 11.6 Å². The van der Waals surface area contributed by atoms with E-state index in [0.717, 1.165) is 12.8 Å². The zero-order valence-electron chi connectivity index (χ0n) is 12.3. The van der Waals surface area contributed by atoms with Gasteiger partial charge < -0.3 is 10.6 Å². The largest absolute Gasteiger partial charge is 0.353 e. The first kappa shape index (κ1) is 14.5. The molecule has 4 atom stereocenters. The molecule has 2 N–H and O–H groups in total. The molecule has 2 saturated heterocycles. The summed E-state index contributed by atoms with van der Waals surface area (Å²) in [5.74, 6) is -0.419. The number of carbonyl (C=O) groups is 1. The molecule has 5 heteroatoms. The second kappa shape index (κ2) is 5.50. The summed E-state index contributed by atoms with van der Waals surface area (Å²) in [5.41, 5.74) is 0.509. The third-order valence-corrected chi connectivity index (χ3v) is 5.65. The van der Waals surface area contributed by atoms with E-state index in [4.69, 9.17) is 11.6 Å². The number of amides is 1. The molecule has 4 unspecified atom stereocenters.